The van der Waals surface area contributed by atoms with Crippen molar-refractivity contribution in [1.29, 1.82) is 0 Å². The summed E-state index contributed by atoms with van der Waals surface area (Å²) in [6, 6.07) is 10.8. The highest BCUT2D eigenvalue weighted by Gasteiger charge is 2.32. The van der Waals surface area contributed by atoms with Gasteiger partial charge in [-0.1, -0.05) is 32.0 Å². The van der Waals surface area contributed by atoms with Crippen molar-refractivity contribution in [3.05, 3.63) is 52.6 Å². The molecule has 0 amide bonds. The second-order valence-corrected chi connectivity index (χ2v) is 8.83. The quantitative estimate of drug-likeness (QED) is 0.663. The fraction of sp³-hybridized carbons (Fsp3) is 0.480. The van der Waals surface area contributed by atoms with Gasteiger partial charge in [0.15, 0.2) is 0 Å². The van der Waals surface area contributed by atoms with Crippen molar-refractivity contribution >= 4 is 5.97 Å². The number of benzene rings is 2. The first-order valence-electron chi connectivity index (χ1n) is 10.6. The molecular weight excluding hydrogens is 348 g/mol. The van der Waals surface area contributed by atoms with Gasteiger partial charge in [0.25, 0.3) is 0 Å². The first-order valence-corrected chi connectivity index (χ1v) is 10.6. The second kappa shape index (κ2) is 7.62. The molecule has 4 rings (SSSR count). The molecule has 3 heteroatoms. The second-order valence-electron chi connectivity index (χ2n) is 8.83. The van der Waals surface area contributed by atoms with Crippen LogP contribution in [0.3, 0.4) is 0 Å². The average Bonchev–Trinajstić information content (AvgIpc) is 3.50. The molecule has 0 radical (unpaired) electrons. The third kappa shape index (κ3) is 3.67. The summed E-state index contributed by atoms with van der Waals surface area (Å²) >= 11 is 0. The zero-order valence-electron chi connectivity index (χ0n) is 17.1. The maximum Gasteiger partial charge on any atom is 0.311 e. The molecule has 1 aliphatic heterocycles. The van der Waals surface area contributed by atoms with E-state index < -0.39 is 11.9 Å². The van der Waals surface area contributed by atoms with Crippen molar-refractivity contribution in [3.63, 3.8) is 0 Å². The van der Waals surface area contributed by atoms with Gasteiger partial charge in [0.2, 0.25) is 0 Å². The minimum atomic E-state index is -0.715. The third-order valence-corrected chi connectivity index (χ3v) is 6.06. The fourth-order valence-corrected chi connectivity index (χ4v) is 4.58. The number of hydrogen-bond acceptors (Lipinski definition) is 2. The van der Waals surface area contributed by atoms with E-state index in [0.29, 0.717) is 18.3 Å². The van der Waals surface area contributed by atoms with E-state index in [2.05, 4.69) is 51.1 Å². The number of ether oxygens (including phenoxy) is 1. The Balaban J connectivity index is 1.91. The van der Waals surface area contributed by atoms with Crippen LogP contribution < -0.4 is 4.74 Å². The van der Waals surface area contributed by atoms with Crippen LogP contribution in [0.2, 0.25) is 0 Å². The molecule has 1 N–H and O–H groups in total. The zero-order valence-corrected chi connectivity index (χ0v) is 17.1. The number of carboxylic acid groups (broad SMARTS) is 1. The predicted octanol–water partition coefficient (Wildman–Crippen LogP) is 6.08. The van der Waals surface area contributed by atoms with E-state index in [1.165, 1.54) is 29.5 Å². The monoisotopic (exact) mass is 378 g/mol. The lowest BCUT2D eigenvalue weighted by Crippen LogP contribution is -2.17. The standard InChI is InChI=1S/C25H30O3/c1-15(2)13-21(25(26)27)23-16(3)6-10-20(17-7-8-17)24(23)19-9-11-22-18(14-19)5-4-12-28-22/h6,9-11,14-15,17,21H,4-5,7-8,12-13H2,1-3H3,(H,26,27). The summed E-state index contributed by atoms with van der Waals surface area (Å²) < 4.78 is 5.80. The summed E-state index contributed by atoms with van der Waals surface area (Å²) in [7, 11) is 0. The van der Waals surface area contributed by atoms with Crippen LogP contribution in [-0.2, 0) is 11.2 Å². The Hall–Kier alpha value is -2.29. The van der Waals surface area contributed by atoms with E-state index in [9.17, 15) is 9.90 Å². The average molecular weight is 379 g/mol. The lowest BCUT2D eigenvalue weighted by molar-refractivity contribution is -0.139. The van der Waals surface area contributed by atoms with Gasteiger partial charge >= 0.3 is 5.97 Å². The molecule has 2 aromatic rings. The maximum absolute atomic E-state index is 12.3. The molecule has 28 heavy (non-hydrogen) atoms. The Morgan fingerprint density at radius 2 is 2.00 bits per heavy atom. The number of hydrogen-bond donors (Lipinski definition) is 1. The molecule has 3 nitrogen and oxygen atoms in total. The van der Waals surface area contributed by atoms with Crippen LogP contribution in [0, 0.1) is 12.8 Å². The third-order valence-electron chi connectivity index (χ3n) is 6.06. The molecule has 1 atom stereocenters. The van der Waals surface area contributed by atoms with E-state index in [4.69, 9.17) is 4.74 Å². The topological polar surface area (TPSA) is 46.5 Å². The van der Waals surface area contributed by atoms with Crippen molar-refractivity contribution in [3.8, 4) is 16.9 Å². The summed E-state index contributed by atoms with van der Waals surface area (Å²) in [6.07, 6.45) is 5.12. The smallest absolute Gasteiger partial charge is 0.311 e. The zero-order chi connectivity index (χ0) is 19.8. The van der Waals surface area contributed by atoms with Crippen LogP contribution in [0.5, 0.6) is 5.75 Å². The minimum Gasteiger partial charge on any atom is -0.493 e. The van der Waals surface area contributed by atoms with Gasteiger partial charge in [-0.05, 0) is 96.4 Å². The Bertz CT molecular complexity index is 893. The van der Waals surface area contributed by atoms with Crippen molar-refractivity contribution in [2.75, 3.05) is 6.61 Å². The van der Waals surface area contributed by atoms with Crippen molar-refractivity contribution in [2.45, 2.75) is 64.7 Å². The lowest BCUT2D eigenvalue weighted by Gasteiger charge is -2.25. The van der Waals surface area contributed by atoms with E-state index in [0.717, 1.165) is 41.9 Å². The van der Waals surface area contributed by atoms with Gasteiger partial charge in [-0.2, -0.15) is 0 Å². The van der Waals surface area contributed by atoms with Gasteiger partial charge in [0, 0.05) is 0 Å². The summed E-state index contributed by atoms with van der Waals surface area (Å²) in [5.74, 6) is 0.687. The first kappa shape index (κ1) is 19.0. The summed E-state index contributed by atoms with van der Waals surface area (Å²) in [5, 5.41) is 10.1. The number of aliphatic carboxylic acids is 1. The SMILES string of the molecule is Cc1ccc(C2CC2)c(-c2ccc3c(c2)CCCO3)c1C(CC(C)C)C(=O)O. The summed E-state index contributed by atoms with van der Waals surface area (Å²) in [4.78, 5) is 12.3. The van der Waals surface area contributed by atoms with Crippen LogP contribution >= 0.6 is 0 Å². The molecule has 1 saturated carbocycles. The Kier molecular flexibility index (Phi) is 5.18. The number of carbonyl (C=O) groups is 1. The van der Waals surface area contributed by atoms with E-state index in [1.54, 1.807) is 0 Å². The highest BCUT2D eigenvalue weighted by molar-refractivity contribution is 5.84. The molecule has 1 aliphatic carbocycles. The Morgan fingerprint density at radius 1 is 1.21 bits per heavy atom. The van der Waals surface area contributed by atoms with Gasteiger partial charge in [0.05, 0.1) is 12.5 Å². The fourth-order valence-electron chi connectivity index (χ4n) is 4.58. The minimum absolute atomic E-state index is 0.329. The van der Waals surface area contributed by atoms with Crippen LogP contribution in [0.15, 0.2) is 30.3 Å². The summed E-state index contributed by atoms with van der Waals surface area (Å²) in [6.45, 7) is 7.05. The van der Waals surface area contributed by atoms with Crippen LogP contribution in [0.1, 0.15) is 73.6 Å². The molecule has 2 aliphatic rings. The highest BCUT2D eigenvalue weighted by atomic mass is 16.5. The van der Waals surface area contributed by atoms with Gasteiger partial charge in [-0.3, -0.25) is 4.79 Å². The number of aryl methyl sites for hydroxylation is 2. The van der Waals surface area contributed by atoms with Gasteiger partial charge in [-0.15, -0.1) is 0 Å². The van der Waals surface area contributed by atoms with Gasteiger partial charge < -0.3 is 9.84 Å². The molecule has 1 fully saturated rings. The predicted molar refractivity (Wildman–Crippen MR) is 112 cm³/mol. The molecule has 148 valence electrons. The molecule has 0 bridgehead atoms. The Morgan fingerprint density at radius 3 is 2.68 bits per heavy atom. The Labute approximate surface area is 167 Å². The van der Waals surface area contributed by atoms with Gasteiger partial charge in [-0.25, -0.2) is 0 Å². The first-order chi connectivity index (χ1) is 13.5. The number of fused-ring (bicyclic) bond motifs is 1. The van der Waals surface area contributed by atoms with Gasteiger partial charge in [0.1, 0.15) is 5.75 Å². The maximum atomic E-state index is 12.3. The normalized spacial score (nSPS) is 17.1. The van der Waals surface area contributed by atoms with Crippen molar-refractivity contribution < 1.29 is 14.6 Å². The van der Waals surface area contributed by atoms with E-state index in [-0.39, 0.29) is 0 Å². The molecule has 1 heterocycles. The molecule has 0 aromatic heterocycles. The van der Waals surface area contributed by atoms with Crippen LogP contribution in [0.25, 0.3) is 11.1 Å². The highest BCUT2D eigenvalue weighted by Crippen LogP contribution is 2.48. The number of rotatable bonds is 6. The number of carboxylic acids is 1. The summed E-state index contributed by atoms with van der Waals surface area (Å²) in [5.41, 5.74) is 6.99. The molecule has 2 aromatic carbocycles. The van der Waals surface area contributed by atoms with Crippen molar-refractivity contribution in [1.82, 2.24) is 0 Å². The molecular formula is C25H30O3. The van der Waals surface area contributed by atoms with E-state index in [1.807, 2.05) is 0 Å². The van der Waals surface area contributed by atoms with Crippen LogP contribution in [0.4, 0.5) is 0 Å². The molecule has 0 saturated heterocycles. The molecule has 1 unspecified atom stereocenters. The lowest BCUT2D eigenvalue weighted by atomic mass is 9.79. The van der Waals surface area contributed by atoms with Crippen molar-refractivity contribution in [2.24, 2.45) is 5.92 Å². The van der Waals surface area contributed by atoms with E-state index >= 15 is 0 Å². The van der Waals surface area contributed by atoms with Crippen LogP contribution in [-0.4, -0.2) is 17.7 Å². The molecule has 0 spiro atoms. The largest absolute Gasteiger partial charge is 0.493 e.